The number of aryl methyl sites for hydroxylation is 2. The summed E-state index contributed by atoms with van der Waals surface area (Å²) in [6.07, 6.45) is 0. The van der Waals surface area contributed by atoms with Crippen LogP contribution in [0.25, 0.3) is 11.3 Å². The molecule has 0 spiro atoms. The van der Waals surface area contributed by atoms with E-state index in [2.05, 4.69) is 5.16 Å². The second kappa shape index (κ2) is 5.96. The first-order valence-corrected chi connectivity index (χ1v) is 7.09. The Balaban J connectivity index is 1.85. The molecule has 0 atom stereocenters. The smallest absolute Gasteiger partial charge is 0.341 e. The van der Waals surface area contributed by atoms with E-state index in [0.29, 0.717) is 17.0 Å². The SMILES string of the molecule is Cc1ccc(Oc2ccc(-c3noc(C)c3C(=O)O)cc2)cc1. The highest BCUT2D eigenvalue weighted by atomic mass is 16.5. The fourth-order valence-electron chi connectivity index (χ4n) is 2.24. The summed E-state index contributed by atoms with van der Waals surface area (Å²) in [7, 11) is 0. The van der Waals surface area contributed by atoms with Gasteiger partial charge >= 0.3 is 5.97 Å². The summed E-state index contributed by atoms with van der Waals surface area (Å²) in [6.45, 7) is 3.59. The molecule has 1 N–H and O–H groups in total. The molecule has 0 aliphatic carbocycles. The molecule has 0 aliphatic heterocycles. The number of nitrogens with zero attached hydrogens (tertiary/aromatic N) is 1. The Kier molecular flexibility index (Phi) is 3.85. The van der Waals surface area contributed by atoms with Crippen molar-refractivity contribution >= 4 is 5.97 Å². The predicted molar refractivity (Wildman–Crippen MR) is 84.9 cm³/mol. The molecule has 0 aliphatic rings. The van der Waals surface area contributed by atoms with Gasteiger partial charge in [0, 0.05) is 5.56 Å². The number of ether oxygens (including phenoxy) is 1. The Morgan fingerprint density at radius 1 is 1.00 bits per heavy atom. The van der Waals surface area contributed by atoms with Crippen molar-refractivity contribution in [2.75, 3.05) is 0 Å². The number of carboxylic acids is 1. The maximum absolute atomic E-state index is 11.3. The molecule has 0 fully saturated rings. The van der Waals surface area contributed by atoms with Crippen LogP contribution in [0.2, 0.25) is 0 Å². The third kappa shape index (κ3) is 3.08. The van der Waals surface area contributed by atoms with E-state index in [1.807, 2.05) is 31.2 Å². The summed E-state index contributed by atoms with van der Waals surface area (Å²) in [5.74, 6) is 0.632. The van der Waals surface area contributed by atoms with Gasteiger partial charge < -0.3 is 14.4 Å². The topological polar surface area (TPSA) is 72.6 Å². The van der Waals surface area contributed by atoms with Crippen LogP contribution in [0.1, 0.15) is 21.7 Å². The lowest BCUT2D eigenvalue weighted by atomic mass is 10.1. The second-order valence-electron chi connectivity index (χ2n) is 5.21. The van der Waals surface area contributed by atoms with Gasteiger partial charge in [-0.15, -0.1) is 0 Å². The molecule has 5 heteroatoms. The summed E-state index contributed by atoms with van der Waals surface area (Å²) in [5.41, 5.74) is 2.22. The van der Waals surface area contributed by atoms with Gasteiger partial charge in [-0.2, -0.15) is 0 Å². The van der Waals surface area contributed by atoms with Gasteiger partial charge in [-0.05, 0) is 50.2 Å². The van der Waals surface area contributed by atoms with Crippen LogP contribution in [0.4, 0.5) is 0 Å². The zero-order valence-corrected chi connectivity index (χ0v) is 12.7. The average Bonchev–Trinajstić information content (AvgIpc) is 2.92. The largest absolute Gasteiger partial charge is 0.477 e. The Bertz CT molecular complexity index is 832. The highest BCUT2D eigenvalue weighted by molar-refractivity contribution is 5.95. The fraction of sp³-hybridized carbons (Fsp3) is 0.111. The number of benzene rings is 2. The van der Waals surface area contributed by atoms with Gasteiger partial charge in [0.1, 0.15) is 28.5 Å². The third-order valence-corrected chi connectivity index (χ3v) is 3.46. The normalized spacial score (nSPS) is 10.5. The molecule has 1 aromatic heterocycles. The van der Waals surface area contributed by atoms with E-state index in [4.69, 9.17) is 9.26 Å². The Labute approximate surface area is 133 Å². The molecule has 1 heterocycles. The lowest BCUT2D eigenvalue weighted by Gasteiger charge is -2.06. The Hall–Kier alpha value is -3.08. The standard InChI is InChI=1S/C18H15NO4/c1-11-3-7-14(8-4-11)22-15-9-5-13(6-10-15)17-16(18(20)21)12(2)23-19-17/h3-10H,1-2H3,(H,20,21). The van der Waals surface area contributed by atoms with Gasteiger partial charge in [0.05, 0.1) is 0 Å². The fourth-order valence-corrected chi connectivity index (χ4v) is 2.24. The van der Waals surface area contributed by atoms with E-state index < -0.39 is 5.97 Å². The lowest BCUT2D eigenvalue weighted by Crippen LogP contribution is -1.99. The van der Waals surface area contributed by atoms with Gasteiger partial charge in [-0.1, -0.05) is 22.9 Å². The van der Waals surface area contributed by atoms with E-state index in [1.165, 1.54) is 0 Å². The number of carboxylic acid groups (broad SMARTS) is 1. The van der Waals surface area contributed by atoms with Crippen molar-refractivity contribution in [3.63, 3.8) is 0 Å². The van der Waals surface area contributed by atoms with Crippen molar-refractivity contribution in [2.45, 2.75) is 13.8 Å². The van der Waals surface area contributed by atoms with E-state index in [9.17, 15) is 9.90 Å². The first-order valence-electron chi connectivity index (χ1n) is 7.09. The molecule has 5 nitrogen and oxygen atoms in total. The molecule has 3 aromatic rings. The summed E-state index contributed by atoms with van der Waals surface area (Å²) >= 11 is 0. The minimum Gasteiger partial charge on any atom is -0.477 e. The quantitative estimate of drug-likeness (QED) is 0.771. The monoisotopic (exact) mass is 309 g/mol. The molecule has 23 heavy (non-hydrogen) atoms. The van der Waals surface area contributed by atoms with Crippen LogP contribution in [0.15, 0.2) is 53.1 Å². The summed E-state index contributed by atoms with van der Waals surface area (Å²) < 4.78 is 10.7. The molecular formula is C18H15NO4. The van der Waals surface area contributed by atoms with Crippen LogP contribution in [0, 0.1) is 13.8 Å². The maximum Gasteiger partial charge on any atom is 0.341 e. The van der Waals surface area contributed by atoms with Crippen molar-refractivity contribution in [1.29, 1.82) is 0 Å². The minimum atomic E-state index is -1.06. The van der Waals surface area contributed by atoms with Crippen LogP contribution in [0.3, 0.4) is 0 Å². The van der Waals surface area contributed by atoms with Crippen LogP contribution in [-0.4, -0.2) is 16.2 Å². The van der Waals surface area contributed by atoms with Gasteiger partial charge in [0.25, 0.3) is 0 Å². The zero-order chi connectivity index (χ0) is 16.4. The Morgan fingerprint density at radius 3 is 2.13 bits per heavy atom. The molecule has 2 aromatic carbocycles. The molecule has 0 amide bonds. The summed E-state index contributed by atoms with van der Waals surface area (Å²) in [4.78, 5) is 11.3. The third-order valence-electron chi connectivity index (χ3n) is 3.46. The van der Waals surface area contributed by atoms with Crippen LogP contribution < -0.4 is 4.74 Å². The number of carbonyl (C=O) groups is 1. The number of hydrogen-bond acceptors (Lipinski definition) is 4. The van der Waals surface area contributed by atoms with E-state index >= 15 is 0 Å². The molecule has 0 saturated carbocycles. The van der Waals surface area contributed by atoms with Gasteiger partial charge in [-0.3, -0.25) is 0 Å². The van der Waals surface area contributed by atoms with E-state index in [0.717, 1.165) is 11.3 Å². The van der Waals surface area contributed by atoms with Gasteiger partial charge in [0.2, 0.25) is 0 Å². The second-order valence-corrected chi connectivity index (χ2v) is 5.21. The molecule has 0 unspecified atom stereocenters. The summed E-state index contributed by atoms with van der Waals surface area (Å²) in [6, 6.07) is 14.8. The molecule has 0 saturated heterocycles. The number of hydrogen-bond donors (Lipinski definition) is 1. The molecule has 0 bridgehead atoms. The van der Waals surface area contributed by atoms with Crippen molar-refractivity contribution in [3.8, 4) is 22.8 Å². The maximum atomic E-state index is 11.3. The van der Waals surface area contributed by atoms with E-state index in [-0.39, 0.29) is 11.3 Å². The molecular weight excluding hydrogens is 294 g/mol. The highest BCUT2D eigenvalue weighted by Crippen LogP contribution is 2.28. The highest BCUT2D eigenvalue weighted by Gasteiger charge is 2.20. The Morgan fingerprint density at radius 2 is 1.57 bits per heavy atom. The van der Waals surface area contributed by atoms with Crippen molar-refractivity contribution in [3.05, 3.63) is 65.4 Å². The zero-order valence-electron chi connectivity index (χ0n) is 12.7. The van der Waals surface area contributed by atoms with Crippen LogP contribution in [0.5, 0.6) is 11.5 Å². The molecule has 116 valence electrons. The first kappa shape index (κ1) is 14.8. The lowest BCUT2D eigenvalue weighted by molar-refractivity contribution is 0.0696. The van der Waals surface area contributed by atoms with Gasteiger partial charge in [0.15, 0.2) is 0 Å². The van der Waals surface area contributed by atoms with Gasteiger partial charge in [-0.25, -0.2) is 4.79 Å². The number of rotatable bonds is 4. The van der Waals surface area contributed by atoms with E-state index in [1.54, 1.807) is 31.2 Å². The molecule has 3 rings (SSSR count). The minimum absolute atomic E-state index is 0.0807. The van der Waals surface area contributed by atoms with Crippen LogP contribution in [-0.2, 0) is 0 Å². The number of aromatic carboxylic acids is 1. The average molecular weight is 309 g/mol. The first-order chi connectivity index (χ1) is 11.0. The van der Waals surface area contributed by atoms with Crippen LogP contribution >= 0.6 is 0 Å². The molecule has 0 radical (unpaired) electrons. The number of aromatic nitrogens is 1. The summed E-state index contributed by atoms with van der Waals surface area (Å²) in [5, 5.41) is 13.1. The van der Waals surface area contributed by atoms with Crippen molar-refractivity contribution < 1.29 is 19.2 Å². The van der Waals surface area contributed by atoms with Crippen molar-refractivity contribution in [2.24, 2.45) is 0 Å². The van der Waals surface area contributed by atoms with Crippen molar-refractivity contribution in [1.82, 2.24) is 5.16 Å². The predicted octanol–water partition coefficient (Wildman–Crippen LogP) is 4.45.